The standard InChI is InChI=1S/C33H40N6O3/c1-42-19-5-18-39-30-8-3-2-7-29(30)37-32(39)26-6-4-17-38(22-26)31(40)21-27(34)20-23-9-11-24(12-10-23)25-13-15-28(16-14-25)36-33(35)41/h2-3,7-16,26-27H,4-6,17-22,34H2,1H3,(H3,35,36,41)/t26-,27-/m1/s1. The maximum atomic E-state index is 13.3. The van der Waals surface area contributed by atoms with E-state index in [4.69, 9.17) is 21.2 Å². The van der Waals surface area contributed by atoms with Crippen molar-refractivity contribution in [3.63, 3.8) is 0 Å². The minimum Gasteiger partial charge on any atom is -0.385 e. The largest absolute Gasteiger partial charge is 0.385 e. The summed E-state index contributed by atoms with van der Waals surface area (Å²) in [5, 5.41) is 2.57. The molecule has 0 aliphatic carbocycles. The molecule has 0 spiro atoms. The number of nitrogens with one attached hydrogen (secondary N) is 1. The van der Waals surface area contributed by atoms with E-state index in [1.165, 1.54) is 0 Å². The van der Waals surface area contributed by atoms with Crippen LogP contribution in [0.2, 0.25) is 0 Å². The summed E-state index contributed by atoms with van der Waals surface area (Å²) in [6, 6.07) is 23.1. The van der Waals surface area contributed by atoms with Gasteiger partial charge >= 0.3 is 6.03 Å². The normalized spacial score (nSPS) is 16.0. The topological polar surface area (TPSA) is 128 Å². The SMILES string of the molecule is COCCCn1c([C@@H]2CCCN(C(=O)C[C@H](N)Cc3ccc(-c4ccc(NC(N)=O)cc4)cc3)C2)nc2ccccc21. The average Bonchev–Trinajstić information content (AvgIpc) is 3.36. The van der Waals surface area contributed by atoms with E-state index in [1.807, 2.05) is 47.4 Å². The Morgan fingerprint density at radius 2 is 1.76 bits per heavy atom. The molecule has 2 heterocycles. The lowest BCUT2D eigenvalue weighted by atomic mass is 9.95. The Hall–Kier alpha value is -4.21. The van der Waals surface area contributed by atoms with E-state index in [0.29, 0.717) is 31.7 Å². The van der Waals surface area contributed by atoms with Gasteiger partial charge in [-0.05, 0) is 66.6 Å². The molecule has 0 saturated carbocycles. The quantitative estimate of drug-likeness (QED) is 0.222. The number of hydrogen-bond donors (Lipinski definition) is 3. The van der Waals surface area contributed by atoms with Crippen molar-refractivity contribution in [3.05, 3.63) is 84.2 Å². The first kappa shape index (κ1) is 29.3. The summed E-state index contributed by atoms with van der Waals surface area (Å²) in [5.41, 5.74) is 17.6. The van der Waals surface area contributed by atoms with E-state index in [1.54, 1.807) is 7.11 Å². The van der Waals surface area contributed by atoms with Crippen LogP contribution in [0.25, 0.3) is 22.2 Å². The van der Waals surface area contributed by atoms with Crippen molar-refractivity contribution >= 4 is 28.7 Å². The smallest absolute Gasteiger partial charge is 0.316 e. The number of hydrogen-bond acceptors (Lipinski definition) is 5. The molecule has 9 heteroatoms. The van der Waals surface area contributed by atoms with Crippen molar-refractivity contribution in [1.29, 1.82) is 0 Å². The highest BCUT2D eigenvalue weighted by Crippen LogP contribution is 2.30. The highest BCUT2D eigenvalue weighted by atomic mass is 16.5. The number of nitrogens with zero attached hydrogens (tertiary/aromatic N) is 3. The number of rotatable bonds is 11. The number of urea groups is 1. The van der Waals surface area contributed by atoms with E-state index in [0.717, 1.165) is 65.9 Å². The molecule has 1 fully saturated rings. The van der Waals surface area contributed by atoms with Crippen molar-refractivity contribution in [1.82, 2.24) is 14.5 Å². The number of nitrogens with two attached hydrogens (primary N) is 2. The van der Waals surface area contributed by atoms with Gasteiger partial charge in [-0.15, -0.1) is 0 Å². The zero-order valence-electron chi connectivity index (χ0n) is 24.2. The number of primary amides is 1. The number of anilines is 1. The minimum absolute atomic E-state index is 0.107. The van der Waals surface area contributed by atoms with E-state index in [2.05, 4.69) is 40.2 Å². The van der Waals surface area contributed by atoms with E-state index in [-0.39, 0.29) is 17.9 Å². The molecule has 1 aliphatic rings. The summed E-state index contributed by atoms with van der Waals surface area (Å²) in [5.74, 6) is 1.37. The fraction of sp³-hybridized carbons (Fsp3) is 0.364. The number of piperidine rings is 1. The number of para-hydroxylation sites is 2. The van der Waals surface area contributed by atoms with Crippen LogP contribution in [0, 0.1) is 0 Å². The molecule has 0 unspecified atom stereocenters. The highest BCUT2D eigenvalue weighted by Gasteiger charge is 2.29. The van der Waals surface area contributed by atoms with Crippen molar-refractivity contribution < 1.29 is 14.3 Å². The molecule has 220 valence electrons. The zero-order chi connectivity index (χ0) is 29.5. The van der Waals surface area contributed by atoms with Gasteiger partial charge in [0.25, 0.3) is 0 Å². The van der Waals surface area contributed by atoms with Gasteiger partial charge in [0.2, 0.25) is 5.91 Å². The molecule has 0 bridgehead atoms. The lowest BCUT2D eigenvalue weighted by molar-refractivity contribution is -0.132. The molecule has 3 amide bonds. The van der Waals surface area contributed by atoms with Gasteiger partial charge in [-0.1, -0.05) is 48.5 Å². The molecule has 5 N–H and O–H groups in total. The molecule has 1 saturated heterocycles. The van der Waals surface area contributed by atoms with Gasteiger partial charge in [0.05, 0.1) is 11.0 Å². The Morgan fingerprint density at radius 1 is 1.05 bits per heavy atom. The van der Waals surface area contributed by atoms with Crippen LogP contribution in [0.1, 0.15) is 43.0 Å². The molecule has 42 heavy (non-hydrogen) atoms. The molecule has 1 aromatic heterocycles. The van der Waals surface area contributed by atoms with Crippen molar-refractivity contribution in [3.8, 4) is 11.1 Å². The van der Waals surface area contributed by atoms with Crippen LogP contribution >= 0.6 is 0 Å². The fourth-order valence-electron chi connectivity index (χ4n) is 5.87. The molecule has 3 aromatic carbocycles. The van der Waals surface area contributed by atoms with Crippen molar-refractivity contribution in [2.75, 3.05) is 32.1 Å². The second-order valence-electron chi connectivity index (χ2n) is 11.1. The van der Waals surface area contributed by atoms with Gasteiger partial charge in [-0.25, -0.2) is 9.78 Å². The maximum absolute atomic E-state index is 13.3. The van der Waals surface area contributed by atoms with Gasteiger partial charge in [-0.3, -0.25) is 4.79 Å². The first-order valence-electron chi connectivity index (χ1n) is 14.6. The molecular weight excluding hydrogens is 528 g/mol. The first-order chi connectivity index (χ1) is 20.4. The third-order valence-electron chi connectivity index (χ3n) is 7.93. The summed E-state index contributed by atoms with van der Waals surface area (Å²) in [6.07, 6.45) is 3.82. The Balaban J connectivity index is 1.18. The maximum Gasteiger partial charge on any atom is 0.316 e. The number of ether oxygens (including phenoxy) is 1. The molecule has 5 rings (SSSR count). The predicted molar refractivity (Wildman–Crippen MR) is 166 cm³/mol. The average molecular weight is 569 g/mol. The molecule has 2 atom stereocenters. The summed E-state index contributed by atoms with van der Waals surface area (Å²) in [7, 11) is 1.73. The number of carbonyl (C=O) groups is 2. The van der Waals surface area contributed by atoms with Gasteiger partial charge in [0.1, 0.15) is 5.82 Å². The third-order valence-corrected chi connectivity index (χ3v) is 7.93. The summed E-state index contributed by atoms with van der Waals surface area (Å²) < 4.78 is 7.61. The van der Waals surface area contributed by atoms with Gasteiger partial charge in [0, 0.05) is 57.4 Å². The van der Waals surface area contributed by atoms with Crippen LogP contribution in [0.5, 0.6) is 0 Å². The number of methoxy groups -OCH3 is 1. The summed E-state index contributed by atoms with van der Waals surface area (Å²) >= 11 is 0. The summed E-state index contributed by atoms with van der Waals surface area (Å²) in [4.78, 5) is 31.4. The molecule has 4 aromatic rings. The number of benzene rings is 3. The Labute approximate surface area is 246 Å². The predicted octanol–water partition coefficient (Wildman–Crippen LogP) is 4.90. The fourth-order valence-corrected chi connectivity index (χ4v) is 5.87. The number of aromatic nitrogens is 2. The molecular formula is C33H40N6O3. The highest BCUT2D eigenvalue weighted by molar-refractivity contribution is 5.88. The number of imidazole rings is 1. The van der Waals surface area contributed by atoms with Gasteiger partial charge < -0.3 is 31.0 Å². The van der Waals surface area contributed by atoms with Crippen LogP contribution in [0.15, 0.2) is 72.8 Å². The van der Waals surface area contributed by atoms with Gasteiger partial charge in [-0.2, -0.15) is 0 Å². The Bertz CT molecular complexity index is 1500. The second-order valence-corrected chi connectivity index (χ2v) is 11.1. The molecule has 9 nitrogen and oxygen atoms in total. The van der Waals surface area contributed by atoms with Crippen molar-refractivity contribution in [2.24, 2.45) is 11.5 Å². The second kappa shape index (κ2) is 13.6. The van der Waals surface area contributed by atoms with Gasteiger partial charge in [0.15, 0.2) is 0 Å². The van der Waals surface area contributed by atoms with Crippen LogP contribution in [-0.2, 0) is 22.5 Å². The van der Waals surface area contributed by atoms with Crippen LogP contribution in [-0.4, -0.2) is 59.2 Å². The van der Waals surface area contributed by atoms with Crippen LogP contribution < -0.4 is 16.8 Å². The summed E-state index contributed by atoms with van der Waals surface area (Å²) in [6.45, 7) is 2.97. The van der Waals surface area contributed by atoms with E-state index in [9.17, 15) is 9.59 Å². The first-order valence-corrected chi connectivity index (χ1v) is 14.6. The van der Waals surface area contributed by atoms with Crippen LogP contribution in [0.4, 0.5) is 10.5 Å². The van der Waals surface area contributed by atoms with Crippen LogP contribution in [0.3, 0.4) is 0 Å². The lowest BCUT2D eigenvalue weighted by Gasteiger charge is -2.33. The monoisotopic (exact) mass is 568 g/mol. The van der Waals surface area contributed by atoms with Crippen molar-refractivity contribution in [2.45, 2.75) is 50.6 Å². The number of aryl methyl sites for hydroxylation is 1. The zero-order valence-corrected chi connectivity index (χ0v) is 24.2. The Kier molecular flexibility index (Phi) is 9.51. The van der Waals surface area contributed by atoms with E-state index < -0.39 is 6.03 Å². The molecule has 1 aliphatic heterocycles. The lowest BCUT2D eigenvalue weighted by Crippen LogP contribution is -2.42. The molecule has 0 radical (unpaired) electrons. The number of amides is 3. The number of fused-ring (bicyclic) bond motifs is 1. The number of likely N-dealkylation sites (tertiary alicyclic amines) is 1. The minimum atomic E-state index is -0.586. The number of carbonyl (C=O) groups excluding carboxylic acids is 2. The third kappa shape index (κ3) is 7.16. The Morgan fingerprint density at radius 3 is 2.48 bits per heavy atom. The van der Waals surface area contributed by atoms with E-state index >= 15 is 0 Å².